The van der Waals surface area contributed by atoms with Crippen LogP contribution in [0.2, 0.25) is 0 Å². The smallest absolute Gasteiger partial charge is 0.174 e. The number of allylic oxidation sites excluding steroid dienone is 1. The Balaban J connectivity index is 1.15. The third-order valence-electron chi connectivity index (χ3n) is 10.9. The van der Waals surface area contributed by atoms with Gasteiger partial charge in [0.25, 0.3) is 0 Å². The summed E-state index contributed by atoms with van der Waals surface area (Å²) < 4.78 is 7.59. The maximum atomic E-state index is 6.39. The summed E-state index contributed by atoms with van der Waals surface area (Å²) in [5, 5.41) is 2.30. The zero-order chi connectivity index (χ0) is 34.9. The topological polar surface area (TPSA) is 51.8 Å². The highest BCUT2D eigenvalue weighted by Crippen LogP contribution is 2.56. The monoisotopic (exact) mass is 697 g/mol. The van der Waals surface area contributed by atoms with Gasteiger partial charge >= 0.3 is 0 Å². The minimum Gasteiger partial charge on any atom is -0.460 e. The maximum Gasteiger partial charge on any atom is 0.174 e. The molecule has 0 fully saturated rings. The Labute approximate surface area is 310 Å². The Morgan fingerprint density at radius 3 is 2.02 bits per heavy atom. The highest BCUT2D eigenvalue weighted by Gasteiger charge is 2.46. The van der Waals surface area contributed by atoms with Crippen LogP contribution in [0, 0.1) is 0 Å². The van der Waals surface area contributed by atoms with Crippen LogP contribution in [-0.4, -0.2) is 15.0 Å². The molecule has 0 unspecified atom stereocenters. The molecule has 0 saturated heterocycles. The second-order valence-corrected chi connectivity index (χ2v) is 14.9. The molecule has 3 heterocycles. The second kappa shape index (κ2) is 11.8. The van der Waals surface area contributed by atoms with Crippen molar-refractivity contribution < 1.29 is 4.42 Å². The van der Waals surface area contributed by atoms with E-state index < -0.39 is 5.41 Å². The predicted molar refractivity (Wildman–Crippen MR) is 216 cm³/mol. The molecule has 0 radical (unpaired) electrons. The van der Waals surface area contributed by atoms with Gasteiger partial charge in [0.2, 0.25) is 0 Å². The molecule has 0 saturated carbocycles. The van der Waals surface area contributed by atoms with Crippen LogP contribution in [0.25, 0.3) is 71.7 Å². The van der Waals surface area contributed by atoms with Crippen molar-refractivity contribution in [1.29, 1.82) is 0 Å². The van der Waals surface area contributed by atoms with Gasteiger partial charge in [-0.15, -0.1) is 11.3 Å². The molecule has 0 amide bonds. The van der Waals surface area contributed by atoms with E-state index in [-0.39, 0.29) is 0 Å². The summed E-state index contributed by atoms with van der Waals surface area (Å²) in [6, 6.07) is 54.3. The quantitative estimate of drug-likeness (QED) is 0.180. The number of furan rings is 1. The summed E-state index contributed by atoms with van der Waals surface area (Å²) in [6.07, 6.45) is 6.32. The first-order chi connectivity index (χ1) is 26.2. The van der Waals surface area contributed by atoms with Gasteiger partial charge in [-0.3, -0.25) is 0 Å². The van der Waals surface area contributed by atoms with Crippen LogP contribution in [0.5, 0.6) is 0 Å². The van der Waals surface area contributed by atoms with Gasteiger partial charge in [0.05, 0.1) is 10.3 Å². The first kappa shape index (κ1) is 30.2. The minimum absolute atomic E-state index is 0.521. The van der Waals surface area contributed by atoms with Crippen molar-refractivity contribution in [3.05, 3.63) is 191 Å². The Bertz CT molecular complexity index is 2830. The van der Waals surface area contributed by atoms with Crippen LogP contribution in [0.1, 0.15) is 40.0 Å². The summed E-state index contributed by atoms with van der Waals surface area (Å²) in [4.78, 5) is 16.6. The SMILES string of the molecule is C1=Cc2c(oc3cc(-c4nc(-c5ccc6c(c5)C(c5ccccc5)(c5ccccc5)c5ccccc5-6)nc(-c5cc6ccccc6s5)n4)ccc23)CC1. The molecule has 5 heteroatoms. The molecule has 53 heavy (non-hydrogen) atoms. The van der Waals surface area contributed by atoms with E-state index in [9.17, 15) is 0 Å². The average Bonchev–Trinajstić information content (AvgIpc) is 3.92. The number of thiophene rings is 1. The first-order valence-corrected chi connectivity index (χ1v) is 18.9. The van der Waals surface area contributed by atoms with Gasteiger partial charge in [-0.2, -0.15) is 0 Å². The molecule has 2 aliphatic rings. The summed E-state index contributed by atoms with van der Waals surface area (Å²) >= 11 is 1.71. The van der Waals surface area contributed by atoms with Crippen LogP contribution in [0.15, 0.2) is 162 Å². The Morgan fingerprint density at radius 1 is 0.566 bits per heavy atom. The van der Waals surface area contributed by atoms with Crippen LogP contribution in [0.4, 0.5) is 0 Å². The fourth-order valence-corrected chi connectivity index (χ4v) is 9.51. The highest BCUT2D eigenvalue weighted by molar-refractivity contribution is 7.22. The standard InChI is InChI=1S/C48H31N3OS/c1-3-14-33(15-4-1)48(34-16-5-2-6-17-34)39-20-10-8-18-35(39)36-25-23-31(27-40(36)48)45-49-46(51-47(50-45)44-29-30-13-7-12-22-43(30)53-44)32-24-26-38-37-19-9-11-21-41(37)52-42(38)28-32/h1-10,12-20,22-29H,11,21H2. The molecule has 0 bridgehead atoms. The zero-order valence-electron chi connectivity index (χ0n) is 28.7. The van der Waals surface area contributed by atoms with Crippen molar-refractivity contribution in [3.8, 4) is 44.6 Å². The number of aryl methyl sites for hydroxylation is 1. The van der Waals surface area contributed by atoms with Gasteiger partial charge in [-0.25, -0.2) is 15.0 Å². The van der Waals surface area contributed by atoms with Gasteiger partial charge in [-0.05, 0) is 75.5 Å². The lowest BCUT2D eigenvalue weighted by Gasteiger charge is -2.34. The third kappa shape index (κ3) is 4.64. The molecule has 11 rings (SSSR count). The number of benzene rings is 6. The van der Waals surface area contributed by atoms with Gasteiger partial charge in [0.15, 0.2) is 17.5 Å². The Morgan fingerprint density at radius 2 is 1.23 bits per heavy atom. The van der Waals surface area contributed by atoms with Gasteiger partial charge in [0, 0.05) is 33.2 Å². The summed E-state index contributed by atoms with van der Waals surface area (Å²) in [6.45, 7) is 0. The number of fused-ring (bicyclic) bond motifs is 7. The molecule has 250 valence electrons. The van der Waals surface area contributed by atoms with Crippen molar-refractivity contribution in [1.82, 2.24) is 15.0 Å². The molecule has 0 spiro atoms. The van der Waals surface area contributed by atoms with E-state index in [4.69, 9.17) is 19.4 Å². The van der Waals surface area contributed by atoms with Crippen LogP contribution >= 0.6 is 11.3 Å². The van der Waals surface area contributed by atoms with E-state index in [0.717, 1.165) is 45.6 Å². The van der Waals surface area contributed by atoms with Crippen molar-refractivity contribution in [2.45, 2.75) is 18.3 Å². The molecule has 6 aromatic carbocycles. The van der Waals surface area contributed by atoms with Crippen molar-refractivity contribution in [2.75, 3.05) is 0 Å². The highest BCUT2D eigenvalue weighted by atomic mass is 32.1. The molecule has 2 aliphatic carbocycles. The van der Waals surface area contributed by atoms with Crippen LogP contribution < -0.4 is 0 Å². The Kier molecular flexibility index (Phi) is 6.73. The van der Waals surface area contributed by atoms with E-state index in [2.05, 4.69) is 164 Å². The van der Waals surface area contributed by atoms with Gasteiger partial charge in [0.1, 0.15) is 11.3 Å². The first-order valence-electron chi connectivity index (χ1n) is 18.1. The average molecular weight is 698 g/mol. The van der Waals surface area contributed by atoms with Crippen molar-refractivity contribution >= 4 is 38.5 Å². The van der Waals surface area contributed by atoms with Gasteiger partial charge in [-0.1, -0.05) is 133 Å². The number of aromatic nitrogens is 3. The molecule has 9 aromatic rings. The van der Waals surface area contributed by atoms with E-state index in [1.165, 1.54) is 49.0 Å². The lowest BCUT2D eigenvalue weighted by molar-refractivity contribution is 0.546. The predicted octanol–water partition coefficient (Wildman–Crippen LogP) is 12.2. The second-order valence-electron chi connectivity index (χ2n) is 13.8. The largest absolute Gasteiger partial charge is 0.460 e. The summed E-state index contributed by atoms with van der Waals surface area (Å²) in [5.74, 6) is 2.96. The van der Waals surface area contributed by atoms with Gasteiger partial charge < -0.3 is 4.42 Å². The molecule has 3 aromatic heterocycles. The van der Waals surface area contributed by atoms with Crippen molar-refractivity contribution in [3.63, 3.8) is 0 Å². The van der Waals surface area contributed by atoms with E-state index in [0.29, 0.717) is 17.5 Å². The molecular weight excluding hydrogens is 667 g/mol. The molecule has 0 aliphatic heterocycles. The summed E-state index contributed by atoms with van der Waals surface area (Å²) in [5.41, 5.74) is 10.8. The normalized spacial score (nSPS) is 14.0. The van der Waals surface area contributed by atoms with Crippen molar-refractivity contribution in [2.24, 2.45) is 0 Å². The Hall–Kier alpha value is -6.43. The lowest BCUT2D eigenvalue weighted by atomic mass is 9.67. The third-order valence-corrected chi connectivity index (χ3v) is 12.0. The number of nitrogens with zero attached hydrogens (tertiary/aromatic N) is 3. The minimum atomic E-state index is -0.521. The fraction of sp³-hybridized carbons (Fsp3) is 0.0625. The summed E-state index contributed by atoms with van der Waals surface area (Å²) in [7, 11) is 0. The molecule has 4 nitrogen and oxygen atoms in total. The fourth-order valence-electron chi connectivity index (χ4n) is 8.51. The van der Waals surface area contributed by atoms with Crippen LogP contribution in [-0.2, 0) is 11.8 Å². The number of rotatable bonds is 5. The van der Waals surface area contributed by atoms with E-state index in [1.807, 2.05) is 0 Å². The number of hydrogen-bond donors (Lipinski definition) is 0. The van der Waals surface area contributed by atoms with Crippen LogP contribution in [0.3, 0.4) is 0 Å². The lowest BCUT2D eigenvalue weighted by Crippen LogP contribution is -2.28. The zero-order valence-corrected chi connectivity index (χ0v) is 29.5. The molecule has 0 atom stereocenters. The van der Waals surface area contributed by atoms with E-state index in [1.54, 1.807) is 11.3 Å². The molecular formula is C48H31N3OS. The number of hydrogen-bond acceptors (Lipinski definition) is 5. The molecule has 0 N–H and O–H groups in total. The maximum absolute atomic E-state index is 6.39. The van der Waals surface area contributed by atoms with E-state index >= 15 is 0 Å².